The van der Waals surface area contributed by atoms with Gasteiger partial charge in [0.15, 0.2) is 0 Å². The van der Waals surface area contributed by atoms with E-state index >= 15 is 0 Å². The number of fused-ring (bicyclic) bond motifs is 1. The number of hydrogen-bond donors (Lipinski definition) is 3. The zero-order valence-corrected chi connectivity index (χ0v) is 22.5. The fraction of sp³-hybridized carbons (Fsp3) is 0.786. The van der Waals surface area contributed by atoms with E-state index in [4.69, 9.17) is 14.6 Å². The van der Waals surface area contributed by atoms with Crippen molar-refractivity contribution in [3.63, 3.8) is 0 Å². The Bertz CT molecular complexity index is 701. The highest BCUT2D eigenvalue weighted by Gasteiger charge is 2.42. The van der Waals surface area contributed by atoms with Crippen molar-refractivity contribution in [2.24, 2.45) is 23.7 Å². The van der Waals surface area contributed by atoms with Gasteiger partial charge in [-0.25, -0.2) is 0 Å². The van der Waals surface area contributed by atoms with Crippen molar-refractivity contribution >= 4 is 11.9 Å². The minimum atomic E-state index is -1.02. The van der Waals surface area contributed by atoms with Crippen LogP contribution in [0.2, 0.25) is 0 Å². The van der Waals surface area contributed by atoms with Gasteiger partial charge in [-0.1, -0.05) is 59.8 Å². The van der Waals surface area contributed by atoms with Crippen molar-refractivity contribution < 1.29 is 34.4 Å². The Morgan fingerprint density at radius 3 is 2.51 bits per heavy atom. The summed E-state index contributed by atoms with van der Waals surface area (Å²) >= 11 is 0. The molecule has 0 aromatic heterocycles. The summed E-state index contributed by atoms with van der Waals surface area (Å²) in [6.45, 7) is 12.5. The monoisotopic (exact) mass is 496 g/mol. The third-order valence-electron chi connectivity index (χ3n) is 6.98. The van der Waals surface area contributed by atoms with Crippen molar-refractivity contribution in [2.45, 2.75) is 111 Å². The van der Waals surface area contributed by atoms with Crippen LogP contribution in [0.25, 0.3) is 0 Å². The molecule has 0 amide bonds. The van der Waals surface area contributed by atoms with Crippen molar-refractivity contribution in [2.75, 3.05) is 6.61 Å². The van der Waals surface area contributed by atoms with E-state index in [-0.39, 0.29) is 54.7 Å². The predicted molar refractivity (Wildman–Crippen MR) is 137 cm³/mol. The molecule has 0 radical (unpaired) electrons. The molecule has 0 saturated heterocycles. The van der Waals surface area contributed by atoms with Gasteiger partial charge in [0, 0.05) is 25.4 Å². The van der Waals surface area contributed by atoms with Crippen LogP contribution in [0.15, 0.2) is 23.8 Å². The number of allylic oxidation sites excluding steroid dienone is 2. The number of rotatable bonds is 13. The van der Waals surface area contributed by atoms with Crippen LogP contribution in [0.3, 0.4) is 0 Å². The van der Waals surface area contributed by atoms with Crippen LogP contribution in [0, 0.1) is 23.7 Å². The van der Waals surface area contributed by atoms with Crippen LogP contribution in [0.4, 0.5) is 0 Å². The van der Waals surface area contributed by atoms with Crippen LogP contribution in [-0.4, -0.2) is 58.3 Å². The molecule has 0 bridgehead atoms. The quantitative estimate of drug-likeness (QED) is 0.311. The molecule has 2 rings (SSSR count). The number of carbonyl (C=O) groups is 2. The van der Waals surface area contributed by atoms with Crippen molar-refractivity contribution in [3.05, 3.63) is 23.8 Å². The number of aliphatic carboxylic acids is 1. The van der Waals surface area contributed by atoms with Gasteiger partial charge < -0.3 is 24.8 Å². The molecule has 0 fully saturated rings. The molecule has 0 heterocycles. The summed E-state index contributed by atoms with van der Waals surface area (Å²) in [7, 11) is 0. The van der Waals surface area contributed by atoms with E-state index in [2.05, 4.69) is 13.0 Å². The van der Waals surface area contributed by atoms with Gasteiger partial charge in [0.1, 0.15) is 6.10 Å². The summed E-state index contributed by atoms with van der Waals surface area (Å²) in [6, 6.07) is 0. The van der Waals surface area contributed by atoms with E-state index in [1.165, 1.54) is 0 Å². The average Bonchev–Trinajstić information content (AvgIpc) is 2.81. The molecule has 8 unspecified atom stereocenters. The highest BCUT2D eigenvalue weighted by Crippen LogP contribution is 2.44. The van der Waals surface area contributed by atoms with Gasteiger partial charge in [0.25, 0.3) is 0 Å². The maximum Gasteiger partial charge on any atom is 0.308 e. The lowest BCUT2D eigenvalue weighted by Crippen LogP contribution is -2.43. The van der Waals surface area contributed by atoms with E-state index in [9.17, 15) is 19.8 Å². The largest absolute Gasteiger partial charge is 0.481 e. The normalized spacial score (nSPS) is 28.0. The molecule has 3 N–H and O–H groups in total. The molecule has 8 atom stereocenters. The van der Waals surface area contributed by atoms with Crippen LogP contribution in [-0.2, 0) is 19.1 Å². The molecule has 0 spiro atoms. The maximum absolute atomic E-state index is 12.6. The minimum Gasteiger partial charge on any atom is -0.481 e. The first-order valence-corrected chi connectivity index (χ1v) is 13.5. The molecule has 0 aromatic rings. The van der Waals surface area contributed by atoms with E-state index in [1.54, 1.807) is 0 Å². The van der Waals surface area contributed by atoms with Gasteiger partial charge in [-0.3, -0.25) is 9.59 Å². The Labute approximate surface area is 211 Å². The second kappa shape index (κ2) is 16.1. The molecular formula is C28H48O7. The number of aliphatic hydroxyl groups excluding tert-OH is 2. The zero-order valence-electron chi connectivity index (χ0n) is 22.5. The Balaban J connectivity index is 0.00000298. The molecule has 0 saturated carbocycles. The smallest absolute Gasteiger partial charge is 0.308 e. The SMILES string of the molecule is CC.CCCOC(CCC1C(C)C=CC2=CC(O)CC(OC(=O)C(C)CC)C21)CC(O)CC(=O)O. The lowest BCUT2D eigenvalue weighted by molar-refractivity contribution is -0.159. The molecule has 0 aliphatic heterocycles. The van der Waals surface area contributed by atoms with Crippen molar-refractivity contribution in [1.29, 1.82) is 0 Å². The number of carboxylic acids is 1. The van der Waals surface area contributed by atoms with Gasteiger partial charge in [-0.05, 0) is 43.1 Å². The fourth-order valence-electron chi connectivity index (χ4n) is 4.94. The number of ether oxygens (including phenoxy) is 2. The molecule has 35 heavy (non-hydrogen) atoms. The third-order valence-corrected chi connectivity index (χ3v) is 6.98. The van der Waals surface area contributed by atoms with Crippen LogP contribution in [0.5, 0.6) is 0 Å². The summed E-state index contributed by atoms with van der Waals surface area (Å²) in [5.74, 6) is -0.996. The van der Waals surface area contributed by atoms with Gasteiger partial charge >= 0.3 is 11.9 Å². The number of esters is 1. The van der Waals surface area contributed by atoms with Gasteiger partial charge in [0.2, 0.25) is 0 Å². The van der Waals surface area contributed by atoms with E-state index in [1.807, 2.05) is 46.8 Å². The molecule has 7 nitrogen and oxygen atoms in total. The second-order valence-electron chi connectivity index (χ2n) is 9.72. The molecule has 2 aliphatic carbocycles. The van der Waals surface area contributed by atoms with Gasteiger partial charge in [-0.15, -0.1) is 0 Å². The Morgan fingerprint density at radius 2 is 1.91 bits per heavy atom. The molecule has 7 heteroatoms. The first-order chi connectivity index (χ1) is 16.7. The van der Waals surface area contributed by atoms with Crippen molar-refractivity contribution in [3.8, 4) is 0 Å². The number of aliphatic hydroxyl groups is 2. The molecule has 202 valence electrons. The first-order valence-electron chi connectivity index (χ1n) is 13.5. The summed E-state index contributed by atoms with van der Waals surface area (Å²) in [5, 5.41) is 29.5. The lowest BCUT2D eigenvalue weighted by Gasteiger charge is -2.43. The average molecular weight is 497 g/mol. The number of carbonyl (C=O) groups excluding carboxylic acids is 1. The lowest BCUT2D eigenvalue weighted by atomic mass is 9.66. The van der Waals surface area contributed by atoms with Crippen LogP contribution < -0.4 is 0 Å². The Kier molecular flexibility index (Phi) is 14.4. The maximum atomic E-state index is 12.6. The predicted octanol–water partition coefficient (Wildman–Crippen LogP) is 4.90. The van der Waals surface area contributed by atoms with E-state index < -0.39 is 18.2 Å². The Hall–Kier alpha value is -1.70. The molecule has 0 aromatic carbocycles. The third kappa shape index (κ3) is 10.1. The van der Waals surface area contributed by atoms with Crippen LogP contribution in [0.1, 0.15) is 86.5 Å². The molecule has 2 aliphatic rings. The number of carboxylic acid groups (broad SMARTS) is 1. The molecular weight excluding hydrogens is 448 g/mol. The topological polar surface area (TPSA) is 113 Å². The first kappa shape index (κ1) is 31.3. The fourth-order valence-corrected chi connectivity index (χ4v) is 4.94. The van der Waals surface area contributed by atoms with Crippen molar-refractivity contribution in [1.82, 2.24) is 0 Å². The van der Waals surface area contributed by atoms with Crippen LogP contribution >= 0.6 is 0 Å². The highest BCUT2D eigenvalue weighted by atomic mass is 16.5. The van der Waals surface area contributed by atoms with E-state index in [0.717, 1.165) is 18.4 Å². The van der Waals surface area contributed by atoms with E-state index in [0.29, 0.717) is 25.9 Å². The standard InChI is InChI=1S/C26H42O7.C2H6/c1-5-11-32-21(13-20(28)15-24(29)30)9-10-22-17(4)7-8-18-12-19(27)14-23(25(18)22)33-26(31)16(3)6-2;1-2/h7-8,12,16-17,19-23,25,27-28H,5-6,9-11,13-15H2,1-4H3,(H,29,30);1-2H3. The summed E-state index contributed by atoms with van der Waals surface area (Å²) < 4.78 is 11.9. The van der Waals surface area contributed by atoms with Gasteiger partial charge in [0.05, 0.1) is 30.7 Å². The minimum absolute atomic E-state index is 0.00262. The second-order valence-corrected chi connectivity index (χ2v) is 9.72. The highest BCUT2D eigenvalue weighted by molar-refractivity contribution is 5.72. The van der Waals surface area contributed by atoms with Gasteiger partial charge in [-0.2, -0.15) is 0 Å². The Morgan fingerprint density at radius 1 is 1.23 bits per heavy atom. The summed E-state index contributed by atoms with van der Waals surface area (Å²) in [4.78, 5) is 23.5. The number of hydrogen-bond acceptors (Lipinski definition) is 6. The summed E-state index contributed by atoms with van der Waals surface area (Å²) in [6.07, 6.45) is 7.23. The zero-order chi connectivity index (χ0) is 26.5. The summed E-state index contributed by atoms with van der Waals surface area (Å²) in [5.41, 5.74) is 1.01.